The number of para-hydroxylation sites is 1. The smallest absolute Gasteiger partial charge is 0.226 e. The van der Waals surface area contributed by atoms with E-state index >= 15 is 0 Å². The molecule has 1 aliphatic carbocycles. The van der Waals surface area contributed by atoms with Crippen LogP contribution in [-0.4, -0.2) is 35.6 Å². The van der Waals surface area contributed by atoms with Crippen LogP contribution in [0.25, 0.3) is 10.9 Å². The number of nitrogens with zero attached hydrogens (tertiary/aromatic N) is 3. The van der Waals surface area contributed by atoms with Crippen LogP contribution in [0, 0.1) is 5.92 Å². The minimum absolute atomic E-state index is 0.660. The maximum Gasteiger partial charge on any atom is 0.226 e. The SMILES string of the molecule is c1ccc2nc(N(CC3CCCNC3)C3CC3)ncc2c1. The van der Waals surface area contributed by atoms with E-state index < -0.39 is 0 Å². The molecule has 1 aromatic heterocycles. The molecule has 4 rings (SSSR count). The zero-order chi connectivity index (χ0) is 14.1. The van der Waals surface area contributed by atoms with E-state index in [0.29, 0.717) is 6.04 Å². The van der Waals surface area contributed by atoms with Gasteiger partial charge in [-0.2, -0.15) is 0 Å². The minimum atomic E-state index is 0.660. The third-order valence-corrected chi connectivity index (χ3v) is 4.57. The van der Waals surface area contributed by atoms with Gasteiger partial charge in [-0.1, -0.05) is 18.2 Å². The molecule has 2 fully saturated rings. The summed E-state index contributed by atoms with van der Waals surface area (Å²) in [5, 5.41) is 4.63. The molecule has 4 heteroatoms. The summed E-state index contributed by atoms with van der Waals surface area (Å²) in [6.45, 7) is 3.40. The van der Waals surface area contributed by atoms with Gasteiger partial charge in [0.1, 0.15) is 0 Å². The van der Waals surface area contributed by atoms with Crippen LogP contribution in [0.2, 0.25) is 0 Å². The summed E-state index contributed by atoms with van der Waals surface area (Å²) in [7, 11) is 0. The Hall–Kier alpha value is -1.68. The molecule has 21 heavy (non-hydrogen) atoms. The van der Waals surface area contributed by atoms with Crippen molar-refractivity contribution in [2.75, 3.05) is 24.5 Å². The lowest BCUT2D eigenvalue weighted by Gasteiger charge is -2.30. The summed E-state index contributed by atoms with van der Waals surface area (Å²) in [5.74, 6) is 1.65. The first-order valence-electron chi connectivity index (χ1n) is 8.09. The third-order valence-electron chi connectivity index (χ3n) is 4.57. The van der Waals surface area contributed by atoms with Gasteiger partial charge in [0.15, 0.2) is 0 Å². The van der Waals surface area contributed by atoms with E-state index in [1.807, 2.05) is 18.3 Å². The number of anilines is 1. The topological polar surface area (TPSA) is 41.1 Å². The Kier molecular flexibility index (Phi) is 3.47. The van der Waals surface area contributed by atoms with Gasteiger partial charge in [0.2, 0.25) is 5.95 Å². The van der Waals surface area contributed by atoms with E-state index in [0.717, 1.165) is 35.9 Å². The van der Waals surface area contributed by atoms with Gasteiger partial charge in [-0.25, -0.2) is 9.97 Å². The van der Waals surface area contributed by atoms with E-state index in [1.165, 1.54) is 32.2 Å². The molecular formula is C17H22N4. The number of nitrogens with one attached hydrogen (secondary N) is 1. The zero-order valence-electron chi connectivity index (χ0n) is 12.3. The Morgan fingerprint density at radius 1 is 1.19 bits per heavy atom. The first kappa shape index (κ1) is 13.0. The van der Waals surface area contributed by atoms with Crippen molar-refractivity contribution in [3.63, 3.8) is 0 Å². The van der Waals surface area contributed by atoms with Crippen LogP contribution >= 0.6 is 0 Å². The molecule has 2 aliphatic rings. The normalized spacial score (nSPS) is 22.4. The highest BCUT2D eigenvalue weighted by Crippen LogP contribution is 2.31. The molecule has 0 spiro atoms. The quantitative estimate of drug-likeness (QED) is 0.936. The highest BCUT2D eigenvalue weighted by molar-refractivity contribution is 5.78. The Bertz CT molecular complexity index is 617. The number of aromatic nitrogens is 2. The molecule has 1 unspecified atom stereocenters. The van der Waals surface area contributed by atoms with Crippen molar-refractivity contribution in [3.8, 4) is 0 Å². The molecule has 1 N–H and O–H groups in total. The van der Waals surface area contributed by atoms with Crippen molar-refractivity contribution < 1.29 is 0 Å². The van der Waals surface area contributed by atoms with Gasteiger partial charge in [0.25, 0.3) is 0 Å². The summed E-state index contributed by atoms with van der Waals surface area (Å²) >= 11 is 0. The first-order valence-corrected chi connectivity index (χ1v) is 8.09. The van der Waals surface area contributed by atoms with E-state index in [2.05, 4.69) is 27.3 Å². The maximum atomic E-state index is 4.80. The van der Waals surface area contributed by atoms with Crippen LogP contribution in [-0.2, 0) is 0 Å². The van der Waals surface area contributed by atoms with Gasteiger partial charge < -0.3 is 10.2 Å². The number of benzene rings is 1. The molecule has 0 amide bonds. The Morgan fingerprint density at radius 2 is 2.10 bits per heavy atom. The summed E-state index contributed by atoms with van der Waals surface area (Å²) in [6, 6.07) is 8.90. The Labute approximate surface area is 125 Å². The highest BCUT2D eigenvalue weighted by Gasteiger charge is 2.32. The summed E-state index contributed by atoms with van der Waals surface area (Å²) in [5.41, 5.74) is 1.05. The lowest BCUT2D eigenvalue weighted by Crippen LogP contribution is -2.40. The van der Waals surface area contributed by atoms with Crippen LogP contribution in [0.15, 0.2) is 30.5 Å². The van der Waals surface area contributed by atoms with E-state index in [9.17, 15) is 0 Å². The van der Waals surface area contributed by atoms with E-state index in [1.54, 1.807) is 0 Å². The molecule has 2 aromatic rings. The molecule has 1 atom stereocenters. The zero-order valence-corrected chi connectivity index (χ0v) is 12.3. The van der Waals surface area contributed by atoms with Crippen LogP contribution in [0.4, 0.5) is 5.95 Å². The van der Waals surface area contributed by atoms with Crippen LogP contribution in [0.1, 0.15) is 25.7 Å². The number of hydrogen-bond acceptors (Lipinski definition) is 4. The molecular weight excluding hydrogens is 260 g/mol. The van der Waals surface area contributed by atoms with Gasteiger partial charge in [-0.15, -0.1) is 0 Å². The van der Waals surface area contributed by atoms with Crippen molar-refractivity contribution in [2.24, 2.45) is 5.92 Å². The number of fused-ring (bicyclic) bond motifs is 1. The van der Waals surface area contributed by atoms with Crippen LogP contribution in [0.5, 0.6) is 0 Å². The largest absolute Gasteiger partial charge is 0.337 e. The monoisotopic (exact) mass is 282 g/mol. The maximum absolute atomic E-state index is 4.80. The minimum Gasteiger partial charge on any atom is -0.337 e. The number of rotatable bonds is 4. The Balaban J connectivity index is 1.59. The second-order valence-electron chi connectivity index (χ2n) is 6.32. The Morgan fingerprint density at radius 3 is 2.90 bits per heavy atom. The van der Waals surface area contributed by atoms with Gasteiger partial charge in [-0.3, -0.25) is 0 Å². The summed E-state index contributed by atoms with van der Waals surface area (Å²) in [6.07, 6.45) is 7.16. The van der Waals surface area contributed by atoms with Gasteiger partial charge in [0.05, 0.1) is 5.52 Å². The summed E-state index contributed by atoms with van der Waals surface area (Å²) < 4.78 is 0. The average Bonchev–Trinajstić information content (AvgIpc) is 3.38. The summed E-state index contributed by atoms with van der Waals surface area (Å²) in [4.78, 5) is 11.9. The fraction of sp³-hybridized carbons (Fsp3) is 0.529. The van der Waals surface area contributed by atoms with Crippen molar-refractivity contribution in [3.05, 3.63) is 30.5 Å². The second kappa shape index (κ2) is 5.60. The molecule has 4 nitrogen and oxygen atoms in total. The van der Waals surface area contributed by atoms with E-state index in [4.69, 9.17) is 4.98 Å². The van der Waals surface area contributed by atoms with Crippen LogP contribution in [0.3, 0.4) is 0 Å². The van der Waals surface area contributed by atoms with Crippen molar-refractivity contribution in [2.45, 2.75) is 31.7 Å². The standard InChI is InChI=1S/C17H22N4/c1-2-6-16-14(5-1)11-19-17(20-16)21(15-7-8-15)12-13-4-3-9-18-10-13/h1-2,5-6,11,13,15,18H,3-4,7-10,12H2. The molecule has 1 aromatic carbocycles. The van der Waals surface area contributed by atoms with Crippen molar-refractivity contribution >= 4 is 16.9 Å². The van der Waals surface area contributed by atoms with Gasteiger partial charge in [-0.05, 0) is 50.8 Å². The predicted molar refractivity (Wildman–Crippen MR) is 85.5 cm³/mol. The molecule has 110 valence electrons. The van der Waals surface area contributed by atoms with Crippen LogP contribution < -0.4 is 10.2 Å². The molecule has 0 radical (unpaired) electrons. The average molecular weight is 282 g/mol. The first-order chi connectivity index (χ1) is 10.4. The lowest BCUT2D eigenvalue weighted by atomic mass is 9.99. The van der Waals surface area contributed by atoms with Gasteiger partial charge in [0, 0.05) is 24.2 Å². The number of piperidine rings is 1. The van der Waals surface area contributed by atoms with E-state index in [-0.39, 0.29) is 0 Å². The second-order valence-corrected chi connectivity index (χ2v) is 6.32. The third kappa shape index (κ3) is 2.86. The molecule has 1 saturated carbocycles. The van der Waals surface area contributed by atoms with Gasteiger partial charge >= 0.3 is 0 Å². The number of hydrogen-bond donors (Lipinski definition) is 1. The van der Waals surface area contributed by atoms with Crippen molar-refractivity contribution in [1.29, 1.82) is 0 Å². The molecule has 2 heterocycles. The van der Waals surface area contributed by atoms with Crippen molar-refractivity contribution in [1.82, 2.24) is 15.3 Å². The fourth-order valence-electron chi connectivity index (χ4n) is 3.24. The fourth-order valence-corrected chi connectivity index (χ4v) is 3.24. The lowest BCUT2D eigenvalue weighted by molar-refractivity contribution is 0.374. The highest BCUT2D eigenvalue weighted by atomic mass is 15.3. The molecule has 1 saturated heterocycles. The predicted octanol–water partition coefficient (Wildman–Crippen LogP) is 2.60. The molecule has 1 aliphatic heterocycles. The molecule has 0 bridgehead atoms.